The van der Waals surface area contributed by atoms with E-state index in [1.165, 1.54) is 4.90 Å². The molecule has 0 aromatic heterocycles. The summed E-state index contributed by atoms with van der Waals surface area (Å²) in [7, 11) is 1.67. The molecular weight excluding hydrogens is 236 g/mol. The summed E-state index contributed by atoms with van der Waals surface area (Å²) in [5, 5.41) is 13.0. The zero-order valence-corrected chi connectivity index (χ0v) is 10.6. The lowest BCUT2D eigenvalue weighted by Gasteiger charge is -2.36. The molecule has 0 aliphatic carbocycles. The number of likely N-dealkylation sites (N-methyl/N-ethyl adjacent to an activating group) is 1. The number of carbonyl (C=O) groups is 2. The molecule has 0 radical (unpaired) electrons. The van der Waals surface area contributed by atoms with Crippen LogP contribution in [0.1, 0.15) is 25.7 Å². The van der Waals surface area contributed by atoms with E-state index in [-0.39, 0.29) is 11.8 Å². The number of nitrogens with one attached hydrogen (secondary N) is 1. The molecule has 2 amide bonds. The second-order valence-electron chi connectivity index (χ2n) is 5.19. The predicted octanol–water partition coefficient (Wildman–Crippen LogP) is -0.735. The molecule has 2 saturated heterocycles. The summed E-state index contributed by atoms with van der Waals surface area (Å²) in [6.07, 6.45) is 2.04. The molecule has 0 spiro atoms. The Balaban J connectivity index is 1.88. The second kappa shape index (κ2) is 5.24. The monoisotopic (exact) mass is 256 g/mol. The summed E-state index contributed by atoms with van der Waals surface area (Å²) in [6, 6.07) is -0.425. The SMILES string of the molecule is CN(CC1(O)CCOCC1)C(=O)[C@@H]1CCC(=O)N1. The summed E-state index contributed by atoms with van der Waals surface area (Å²) >= 11 is 0. The first kappa shape index (κ1) is 13.3. The van der Waals surface area contributed by atoms with E-state index in [2.05, 4.69) is 5.32 Å². The number of nitrogens with zero attached hydrogens (tertiary/aromatic N) is 1. The van der Waals surface area contributed by atoms with Crippen LogP contribution in [-0.2, 0) is 14.3 Å². The van der Waals surface area contributed by atoms with Crippen LogP contribution in [0.3, 0.4) is 0 Å². The molecule has 6 heteroatoms. The Labute approximate surface area is 106 Å². The zero-order valence-electron chi connectivity index (χ0n) is 10.6. The molecule has 102 valence electrons. The number of rotatable bonds is 3. The summed E-state index contributed by atoms with van der Waals surface area (Å²) in [4.78, 5) is 24.7. The number of hydrogen-bond donors (Lipinski definition) is 2. The van der Waals surface area contributed by atoms with Crippen LogP contribution in [0.4, 0.5) is 0 Å². The summed E-state index contributed by atoms with van der Waals surface area (Å²) in [6.45, 7) is 1.35. The minimum Gasteiger partial charge on any atom is -0.388 e. The molecule has 6 nitrogen and oxygen atoms in total. The quantitative estimate of drug-likeness (QED) is 0.697. The van der Waals surface area contributed by atoms with Gasteiger partial charge in [0.25, 0.3) is 0 Å². The normalized spacial score (nSPS) is 26.8. The van der Waals surface area contributed by atoms with E-state index in [1.54, 1.807) is 7.05 Å². The third-order valence-corrected chi connectivity index (χ3v) is 3.62. The standard InChI is InChI=1S/C12H20N2O4/c1-14(8-12(17)4-6-18-7-5-12)11(16)9-2-3-10(15)13-9/h9,17H,2-8H2,1H3,(H,13,15)/t9-/m0/s1. The number of hydrogen-bond acceptors (Lipinski definition) is 4. The Bertz CT molecular complexity index is 339. The van der Waals surface area contributed by atoms with Gasteiger partial charge in [-0.15, -0.1) is 0 Å². The molecule has 2 aliphatic rings. The molecule has 2 N–H and O–H groups in total. The zero-order chi connectivity index (χ0) is 13.2. The predicted molar refractivity (Wildman–Crippen MR) is 63.8 cm³/mol. The Morgan fingerprint density at radius 1 is 1.56 bits per heavy atom. The molecule has 0 saturated carbocycles. The van der Waals surface area contributed by atoms with Crippen molar-refractivity contribution in [2.24, 2.45) is 0 Å². The minimum absolute atomic E-state index is 0.0773. The van der Waals surface area contributed by atoms with Gasteiger partial charge in [0, 0.05) is 46.1 Å². The van der Waals surface area contributed by atoms with E-state index in [0.29, 0.717) is 45.4 Å². The van der Waals surface area contributed by atoms with E-state index in [4.69, 9.17) is 4.74 Å². The van der Waals surface area contributed by atoms with Crippen LogP contribution in [0, 0.1) is 0 Å². The topological polar surface area (TPSA) is 78.9 Å². The molecule has 2 fully saturated rings. The highest BCUT2D eigenvalue weighted by atomic mass is 16.5. The van der Waals surface area contributed by atoms with E-state index in [0.717, 1.165) is 0 Å². The fourth-order valence-corrected chi connectivity index (χ4v) is 2.49. The molecule has 2 aliphatic heterocycles. The van der Waals surface area contributed by atoms with Crippen molar-refractivity contribution in [1.29, 1.82) is 0 Å². The van der Waals surface area contributed by atoms with Crippen molar-refractivity contribution in [2.75, 3.05) is 26.8 Å². The summed E-state index contributed by atoms with van der Waals surface area (Å²) < 4.78 is 5.20. The Hall–Kier alpha value is -1.14. The maximum absolute atomic E-state index is 12.1. The van der Waals surface area contributed by atoms with Crippen LogP contribution in [0.5, 0.6) is 0 Å². The fraction of sp³-hybridized carbons (Fsp3) is 0.833. The lowest BCUT2D eigenvalue weighted by Crippen LogP contribution is -2.51. The van der Waals surface area contributed by atoms with Crippen LogP contribution < -0.4 is 5.32 Å². The van der Waals surface area contributed by atoms with Crippen molar-refractivity contribution in [3.8, 4) is 0 Å². The molecule has 0 unspecified atom stereocenters. The largest absolute Gasteiger partial charge is 0.388 e. The molecule has 0 aromatic carbocycles. The van der Waals surface area contributed by atoms with Crippen molar-refractivity contribution in [1.82, 2.24) is 10.2 Å². The maximum atomic E-state index is 12.1. The van der Waals surface area contributed by atoms with Gasteiger partial charge in [-0.25, -0.2) is 0 Å². The Morgan fingerprint density at radius 3 is 2.78 bits per heavy atom. The molecule has 2 heterocycles. The second-order valence-corrected chi connectivity index (χ2v) is 5.19. The van der Waals surface area contributed by atoms with E-state index >= 15 is 0 Å². The van der Waals surface area contributed by atoms with Crippen molar-refractivity contribution < 1.29 is 19.4 Å². The van der Waals surface area contributed by atoms with Crippen molar-refractivity contribution in [3.63, 3.8) is 0 Å². The van der Waals surface area contributed by atoms with Crippen LogP contribution in [0.2, 0.25) is 0 Å². The van der Waals surface area contributed by atoms with Crippen molar-refractivity contribution in [2.45, 2.75) is 37.3 Å². The first-order valence-electron chi connectivity index (χ1n) is 6.35. The molecule has 0 bridgehead atoms. The first-order valence-corrected chi connectivity index (χ1v) is 6.35. The van der Waals surface area contributed by atoms with Gasteiger partial charge < -0.3 is 20.1 Å². The number of amides is 2. The number of carbonyl (C=O) groups excluding carboxylic acids is 2. The van der Waals surface area contributed by atoms with E-state index in [9.17, 15) is 14.7 Å². The lowest BCUT2D eigenvalue weighted by atomic mass is 9.93. The third kappa shape index (κ3) is 3.00. The molecule has 1 atom stereocenters. The Kier molecular flexibility index (Phi) is 3.87. The first-order chi connectivity index (χ1) is 8.50. The lowest BCUT2D eigenvalue weighted by molar-refractivity contribution is -0.139. The van der Waals surface area contributed by atoms with Gasteiger partial charge in [-0.2, -0.15) is 0 Å². The van der Waals surface area contributed by atoms with Gasteiger partial charge in [-0.1, -0.05) is 0 Å². The van der Waals surface area contributed by atoms with Crippen LogP contribution >= 0.6 is 0 Å². The highest BCUT2D eigenvalue weighted by molar-refractivity contribution is 5.90. The molecular formula is C12H20N2O4. The number of aliphatic hydroxyl groups is 1. The smallest absolute Gasteiger partial charge is 0.245 e. The average Bonchev–Trinajstić information content (AvgIpc) is 2.75. The maximum Gasteiger partial charge on any atom is 0.245 e. The minimum atomic E-state index is -0.856. The highest BCUT2D eigenvalue weighted by Gasteiger charge is 2.35. The molecule has 2 rings (SSSR count). The van der Waals surface area contributed by atoms with Crippen molar-refractivity contribution in [3.05, 3.63) is 0 Å². The van der Waals surface area contributed by atoms with Gasteiger partial charge in [0.05, 0.1) is 5.60 Å². The average molecular weight is 256 g/mol. The van der Waals surface area contributed by atoms with Gasteiger partial charge in [0.1, 0.15) is 6.04 Å². The summed E-state index contributed by atoms with van der Waals surface area (Å²) in [5.41, 5.74) is -0.856. The van der Waals surface area contributed by atoms with Crippen LogP contribution in [-0.4, -0.2) is 60.3 Å². The van der Waals surface area contributed by atoms with Crippen LogP contribution in [0.25, 0.3) is 0 Å². The molecule has 0 aromatic rings. The van der Waals surface area contributed by atoms with Gasteiger partial charge in [0.15, 0.2) is 0 Å². The fourth-order valence-electron chi connectivity index (χ4n) is 2.49. The third-order valence-electron chi connectivity index (χ3n) is 3.62. The van der Waals surface area contributed by atoms with Gasteiger partial charge in [-0.05, 0) is 6.42 Å². The highest BCUT2D eigenvalue weighted by Crippen LogP contribution is 2.22. The van der Waals surface area contributed by atoms with E-state index in [1.807, 2.05) is 0 Å². The van der Waals surface area contributed by atoms with E-state index < -0.39 is 11.6 Å². The van der Waals surface area contributed by atoms with Gasteiger partial charge in [0.2, 0.25) is 11.8 Å². The number of ether oxygens (including phenoxy) is 1. The van der Waals surface area contributed by atoms with Gasteiger partial charge in [-0.3, -0.25) is 9.59 Å². The van der Waals surface area contributed by atoms with Crippen LogP contribution in [0.15, 0.2) is 0 Å². The summed E-state index contributed by atoms with van der Waals surface area (Å²) in [5.74, 6) is -0.202. The Morgan fingerprint density at radius 2 is 2.22 bits per heavy atom. The van der Waals surface area contributed by atoms with Crippen molar-refractivity contribution >= 4 is 11.8 Å². The van der Waals surface area contributed by atoms with Gasteiger partial charge >= 0.3 is 0 Å². The molecule has 18 heavy (non-hydrogen) atoms.